The summed E-state index contributed by atoms with van der Waals surface area (Å²) in [5.74, 6) is -0.922. The normalized spacial score (nSPS) is 14.9. The molecular formula is C11H22N2O4. The van der Waals surface area contributed by atoms with Crippen molar-refractivity contribution in [2.24, 2.45) is 0 Å². The van der Waals surface area contributed by atoms with Gasteiger partial charge in [0.2, 0.25) is 0 Å². The minimum Gasteiger partial charge on any atom is -0.480 e. The molecule has 0 radical (unpaired) electrons. The SMILES string of the molecule is CC(NC[C@@H](C)NC(=O)OC(C)(C)C)C(=O)O. The zero-order valence-electron chi connectivity index (χ0n) is 11.0. The third-order valence-electron chi connectivity index (χ3n) is 1.86. The molecule has 2 atom stereocenters. The van der Waals surface area contributed by atoms with Crippen molar-refractivity contribution in [2.75, 3.05) is 6.54 Å². The van der Waals surface area contributed by atoms with E-state index in [4.69, 9.17) is 9.84 Å². The monoisotopic (exact) mass is 246 g/mol. The summed E-state index contributed by atoms with van der Waals surface area (Å²) in [5.41, 5.74) is -0.536. The van der Waals surface area contributed by atoms with E-state index in [-0.39, 0.29) is 6.04 Å². The number of carboxylic acids is 1. The molecule has 0 aromatic heterocycles. The molecule has 0 spiro atoms. The highest BCUT2D eigenvalue weighted by Crippen LogP contribution is 2.06. The lowest BCUT2D eigenvalue weighted by atomic mass is 10.2. The first kappa shape index (κ1) is 15.7. The number of carboxylic acid groups (broad SMARTS) is 1. The van der Waals surface area contributed by atoms with E-state index in [0.717, 1.165) is 0 Å². The van der Waals surface area contributed by atoms with Gasteiger partial charge in [-0.25, -0.2) is 4.79 Å². The van der Waals surface area contributed by atoms with E-state index in [0.29, 0.717) is 6.54 Å². The molecular weight excluding hydrogens is 224 g/mol. The molecule has 1 unspecified atom stereocenters. The zero-order valence-corrected chi connectivity index (χ0v) is 11.0. The van der Waals surface area contributed by atoms with Gasteiger partial charge in [0.15, 0.2) is 0 Å². The fourth-order valence-corrected chi connectivity index (χ4v) is 1.00. The summed E-state index contributed by atoms with van der Waals surface area (Å²) >= 11 is 0. The maximum atomic E-state index is 11.4. The summed E-state index contributed by atoms with van der Waals surface area (Å²) in [6.45, 7) is 9.02. The minimum absolute atomic E-state index is 0.202. The van der Waals surface area contributed by atoms with Gasteiger partial charge >= 0.3 is 12.1 Å². The zero-order chi connectivity index (χ0) is 13.6. The lowest BCUT2D eigenvalue weighted by Gasteiger charge is -2.22. The van der Waals surface area contributed by atoms with Gasteiger partial charge in [0, 0.05) is 12.6 Å². The molecule has 0 rings (SSSR count). The van der Waals surface area contributed by atoms with Gasteiger partial charge in [0.25, 0.3) is 0 Å². The maximum Gasteiger partial charge on any atom is 0.407 e. The Morgan fingerprint density at radius 2 is 1.82 bits per heavy atom. The third kappa shape index (κ3) is 8.50. The Balaban J connectivity index is 3.90. The van der Waals surface area contributed by atoms with Crippen LogP contribution < -0.4 is 10.6 Å². The summed E-state index contributed by atoms with van der Waals surface area (Å²) in [6, 6.07) is -0.843. The Labute approximate surface area is 102 Å². The van der Waals surface area contributed by atoms with Crippen LogP contribution in [0.25, 0.3) is 0 Å². The number of nitrogens with one attached hydrogen (secondary N) is 2. The maximum absolute atomic E-state index is 11.4. The Kier molecular flexibility index (Phi) is 5.95. The molecule has 0 heterocycles. The van der Waals surface area contributed by atoms with Crippen molar-refractivity contribution in [1.29, 1.82) is 0 Å². The number of rotatable bonds is 5. The molecule has 0 bridgehead atoms. The lowest BCUT2D eigenvalue weighted by Crippen LogP contribution is -2.46. The molecule has 1 amide bonds. The van der Waals surface area contributed by atoms with Crippen molar-refractivity contribution in [3.05, 3.63) is 0 Å². The molecule has 6 nitrogen and oxygen atoms in total. The van der Waals surface area contributed by atoms with Gasteiger partial charge in [-0.3, -0.25) is 4.79 Å². The van der Waals surface area contributed by atoms with Crippen LogP contribution in [0.3, 0.4) is 0 Å². The quantitative estimate of drug-likeness (QED) is 0.672. The number of carbonyl (C=O) groups is 2. The Hall–Kier alpha value is -1.30. The molecule has 0 aliphatic rings. The van der Waals surface area contributed by atoms with E-state index in [9.17, 15) is 9.59 Å². The number of aliphatic carboxylic acids is 1. The number of alkyl carbamates (subject to hydrolysis) is 1. The number of hydrogen-bond donors (Lipinski definition) is 3. The van der Waals surface area contributed by atoms with Gasteiger partial charge in [-0.2, -0.15) is 0 Å². The first-order valence-electron chi connectivity index (χ1n) is 5.57. The lowest BCUT2D eigenvalue weighted by molar-refractivity contribution is -0.139. The minimum atomic E-state index is -0.922. The smallest absolute Gasteiger partial charge is 0.407 e. The van der Waals surface area contributed by atoms with E-state index in [1.54, 1.807) is 34.6 Å². The van der Waals surface area contributed by atoms with Gasteiger partial charge in [0.1, 0.15) is 11.6 Å². The van der Waals surface area contributed by atoms with Crippen LogP contribution in [-0.2, 0) is 9.53 Å². The second-order valence-corrected chi connectivity index (χ2v) is 5.02. The van der Waals surface area contributed by atoms with Crippen molar-refractivity contribution >= 4 is 12.1 Å². The Bertz CT molecular complexity index is 273. The highest BCUT2D eigenvalue weighted by atomic mass is 16.6. The van der Waals surface area contributed by atoms with Crippen LogP contribution in [0.4, 0.5) is 4.79 Å². The van der Waals surface area contributed by atoms with Crippen molar-refractivity contribution in [3.8, 4) is 0 Å². The molecule has 17 heavy (non-hydrogen) atoms. The molecule has 0 aromatic rings. The highest BCUT2D eigenvalue weighted by Gasteiger charge is 2.18. The first-order chi connectivity index (χ1) is 7.61. The largest absolute Gasteiger partial charge is 0.480 e. The van der Waals surface area contributed by atoms with Crippen molar-refractivity contribution < 1.29 is 19.4 Å². The number of carbonyl (C=O) groups excluding carboxylic acids is 1. The van der Waals surface area contributed by atoms with Crippen LogP contribution in [0, 0.1) is 0 Å². The average Bonchev–Trinajstić information content (AvgIpc) is 2.10. The fraction of sp³-hybridized carbons (Fsp3) is 0.818. The van der Waals surface area contributed by atoms with Gasteiger partial charge < -0.3 is 20.5 Å². The van der Waals surface area contributed by atoms with E-state index >= 15 is 0 Å². The predicted octanol–water partition coefficient (Wildman–Crippen LogP) is 0.962. The standard InChI is InChI=1S/C11H22N2O4/c1-7(6-12-8(2)9(14)15)13-10(16)17-11(3,4)5/h7-8,12H,6H2,1-5H3,(H,13,16)(H,14,15)/t7-,8?/m1/s1. The summed E-state index contributed by atoms with van der Waals surface area (Å²) in [7, 11) is 0. The van der Waals surface area contributed by atoms with E-state index in [1.165, 1.54) is 0 Å². The number of amides is 1. The molecule has 0 saturated heterocycles. The van der Waals surface area contributed by atoms with Crippen molar-refractivity contribution in [1.82, 2.24) is 10.6 Å². The van der Waals surface area contributed by atoms with E-state index in [1.807, 2.05) is 0 Å². The molecule has 0 aliphatic carbocycles. The van der Waals surface area contributed by atoms with Gasteiger partial charge in [-0.05, 0) is 34.6 Å². The van der Waals surface area contributed by atoms with Gasteiger partial charge in [-0.15, -0.1) is 0 Å². The molecule has 0 aliphatic heterocycles. The van der Waals surface area contributed by atoms with Crippen molar-refractivity contribution in [3.63, 3.8) is 0 Å². The van der Waals surface area contributed by atoms with Crippen LogP contribution in [0.5, 0.6) is 0 Å². The second kappa shape index (κ2) is 6.44. The number of hydrogen-bond acceptors (Lipinski definition) is 4. The predicted molar refractivity (Wildman–Crippen MR) is 63.9 cm³/mol. The Morgan fingerprint density at radius 1 is 1.29 bits per heavy atom. The summed E-state index contributed by atoms with van der Waals surface area (Å²) < 4.78 is 5.07. The first-order valence-corrected chi connectivity index (χ1v) is 5.57. The van der Waals surface area contributed by atoms with Crippen LogP contribution in [-0.4, -0.2) is 41.4 Å². The molecule has 3 N–H and O–H groups in total. The van der Waals surface area contributed by atoms with Gasteiger partial charge in [-0.1, -0.05) is 0 Å². The second-order valence-electron chi connectivity index (χ2n) is 5.02. The number of ether oxygens (including phenoxy) is 1. The molecule has 0 fully saturated rings. The summed E-state index contributed by atoms with van der Waals surface area (Å²) in [4.78, 5) is 21.9. The Morgan fingerprint density at radius 3 is 2.24 bits per heavy atom. The van der Waals surface area contributed by atoms with Crippen LogP contribution in [0.15, 0.2) is 0 Å². The average molecular weight is 246 g/mol. The molecule has 0 saturated carbocycles. The van der Waals surface area contributed by atoms with Crippen molar-refractivity contribution in [2.45, 2.75) is 52.3 Å². The van der Waals surface area contributed by atoms with E-state index in [2.05, 4.69) is 10.6 Å². The topological polar surface area (TPSA) is 87.7 Å². The highest BCUT2D eigenvalue weighted by molar-refractivity contribution is 5.72. The third-order valence-corrected chi connectivity index (χ3v) is 1.86. The van der Waals surface area contributed by atoms with Crippen LogP contribution in [0.2, 0.25) is 0 Å². The van der Waals surface area contributed by atoms with Crippen LogP contribution in [0.1, 0.15) is 34.6 Å². The van der Waals surface area contributed by atoms with Crippen LogP contribution >= 0.6 is 0 Å². The summed E-state index contributed by atoms with van der Waals surface area (Å²) in [6.07, 6.45) is -0.505. The fourth-order valence-electron chi connectivity index (χ4n) is 1.00. The molecule has 0 aromatic carbocycles. The van der Waals surface area contributed by atoms with Gasteiger partial charge in [0.05, 0.1) is 0 Å². The van der Waals surface area contributed by atoms with E-state index < -0.39 is 23.7 Å². The summed E-state index contributed by atoms with van der Waals surface area (Å²) in [5, 5.41) is 14.0. The molecule has 6 heteroatoms. The molecule has 100 valence electrons.